The van der Waals surface area contributed by atoms with Crippen LogP contribution in [-0.4, -0.2) is 20.6 Å². The number of nitrogens with zero attached hydrogens (tertiary/aromatic N) is 2. The Morgan fingerprint density at radius 2 is 1.77 bits per heavy atom. The number of hydrogen-bond acceptors (Lipinski definition) is 3. The molecule has 5 nitrogen and oxygen atoms in total. The van der Waals surface area contributed by atoms with Gasteiger partial charge >= 0.3 is 5.97 Å². The van der Waals surface area contributed by atoms with E-state index < -0.39 is 45.3 Å². The Morgan fingerprint density at radius 1 is 1.00 bits per heavy atom. The number of carboxylic acid groups (broad SMARTS) is 1. The monoisotopic (exact) mass is 410 g/mol. The summed E-state index contributed by atoms with van der Waals surface area (Å²) in [6.07, 6.45) is 4.05. The van der Waals surface area contributed by atoms with E-state index in [9.17, 15) is 27.9 Å². The molecule has 0 saturated carbocycles. The fourth-order valence-electron chi connectivity index (χ4n) is 3.30. The molecule has 0 spiro atoms. The molecule has 0 fully saturated rings. The van der Waals surface area contributed by atoms with Crippen molar-refractivity contribution in [3.8, 4) is 11.1 Å². The van der Waals surface area contributed by atoms with Crippen LogP contribution in [0.15, 0.2) is 65.8 Å². The van der Waals surface area contributed by atoms with Gasteiger partial charge in [0.05, 0.1) is 17.4 Å². The highest BCUT2D eigenvalue weighted by atomic mass is 19.1. The minimum Gasteiger partial charge on any atom is -0.477 e. The van der Waals surface area contributed by atoms with E-state index in [4.69, 9.17) is 0 Å². The normalized spacial score (nSPS) is 11.0. The lowest BCUT2D eigenvalue weighted by molar-refractivity contribution is 0.0695. The number of carboxylic acids is 1. The molecule has 0 bridgehead atoms. The highest BCUT2D eigenvalue weighted by Crippen LogP contribution is 2.24. The number of aromatic nitrogens is 2. The second kappa shape index (κ2) is 7.47. The number of rotatable bonds is 4. The Morgan fingerprint density at radius 3 is 2.43 bits per heavy atom. The first kappa shape index (κ1) is 19.4. The first-order valence-corrected chi connectivity index (χ1v) is 8.80. The quantitative estimate of drug-likeness (QED) is 0.547. The highest BCUT2D eigenvalue weighted by Gasteiger charge is 2.20. The molecule has 4 rings (SSSR count). The van der Waals surface area contributed by atoms with Crippen LogP contribution < -0.4 is 5.43 Å². The zero-order valence-corrected chi connectivity index (χ0v) is 15.3. The number of halogens is 3. The standard InChI is InChI=1S/C22H13F3N2O3/c23-16-5-6-17(24)20-19(16)21(28)15(22(29)30)11-27(20)10-14-4-3-12(8-18(14)25)13-2-1-7-26-9-13/h1-9,11H,10H2,(H,29,30). The first-order valence-electron chi connectivity index (χ1n) is 8.80. The van der Waals surface area contributed by atoms with Gasteiger partial charge in [-0.3, -0.25) is 9.78 Å². The van der Waals surface area contributed by atoms with Crippen molar-refractivity contribution in [2.45, 2.75) is 6.54 Å². The molecule has 150 valence electrons. The molecule has 0 saturated heterocycles. The van der Waals surface area contributed by atoms with Crippen LogP contribution in [0, 0.1) is 17.5 Å². The van der Waals surface area contributed by atoms with Crippen LogP contribution in [0.4, 0.5) is 13.2 Å². The van der Waals surface area contributed by atoms with Crippen LogP contribution in [-0.2, 0) is 6.54 Å². The van der Waals surface area contributed by atoms with Crippen LogP contribution in [0.1, 0.15) is 15.9 Å². The number of aromatic carboxylic acids is 1. The van der Waals surface area contributed by atoms with Gasteiger partial charge in [-0.1, -0.05) is 18.2 Å². The summed E-state index contributed by atoms with van der Waals surface area (Å²) in [6, 6.07) is 9.40. The van der Waals surface area contributed by atoms with Gasteiger partial charge in [0.15, 0.2) is 0 Å². The van der Waals surface area contributed by atoms with Crippen molar-refractivity contribution in [3.05, 3.63) is 99.9 Å². The summed E-state index contributed by atoms with van der Waals surface area (Å²) in [5, 5.41) is 8.59. The number of hydrogen-bond donors (Lipinski definition) is 1. The summed E-state index contributed by atoms with van der Waals surface area (Å²) in [5.74, 6) is -4.20. The van der Waals surface area contributed by atoms with Crippen LogP contribution in [0.2, 0.25) is 0 Å². The average Bonchev–Trinajstić information content (AvgIpc) is 2.73. The van der Waals surface area contributed by atoms with Gasteiger partial charge in [0.1, 0.15) is 23.0 Å². The molecular formula is C22H13F3N2O3. The number of fused-ring (bicyclic) bond motifs is 1. The van der Waals surface area contributed by atoms with E-state index in [-0.39, 0.29) is 12.1 Å². The second-order valence-electron chi connectivity index (χ2n) is 6.61. The molecule has 8 heteroatoms. The van der Waals surface area contributed by atoms with E-state index in [2.05, 4.69) is 4.98 Å². The summed E-state index contributed by atoms with van der Waals surface area (Å²) < 4.78 is 44.5. The van der Waals surface area contributed by atoms with Crippen molar-refractivity contribution >= 4 is 16.9 Å². The molecule has 0 aliphatic heterocycles. The summed E-state index contributed by atoms with van der Waals surface area (Å²) in [4.78, 5) is 27.7. The van der Waals surface area contributed by atoms with Gasteiger partial charge < -0.3 is 9.67 Å². The Hall–Kier alpha value is -3.94. The van der Waals surface area contributed by atoms with Gasteiger partial charge in [-0.05, 0) is 29.8 Å². The zero-order chi connectivity index (χ0) is 21.4. The maximum atomic E-state index is 14.8. The van der Waals surface area contributed by atoms with E-state index >= 15 is 0 Å². The Bertz CT molecular complexity index is 1350. The molecule has 0 amide bonds. The largest absolute Gasteiger partial charge is 0.477 e. The number of carbonyl (C=O) groups is 1. The lowest BCUT2D eigenvalue weighted by Gasteiger charge is -2.14. The minimum atomic E-state index is -1.59. The van der Waals surface area contributed by atoms with Crippen molar-refractivity contribution in [3.63, 3.8) is 0 Å². The third-order valence-electron chi connectivity index (χ3n) is 4.74. The highest BCUT2D eigenvalue weighted by molar-refractivity contribution is 5.93. The fraction of sp³-hybridized carbons (Fsp3) is 0.0455. The first-order chi connectivity index (χ1) is 14.4. The molecule has 4 aromatic rings. The van der Waals surface area contributed by atoms with Gasteiger partial charge in [-0.15, -0.1) is 0 Å². The molecule has 0 aliphatic carbocycles. The smallest absolute Gasteiger partial charge is 0.341 e. The molecule has 30 heavy (non-hydrogen) atoms. The summed E-state index contributed by atoms with van der Waals surface area (Å²) in [6.45, 7) is -0.309. The summed E-state index contributed by atoms with van der Waals surface area (Å²) in [7, 11) is 0. The predicted octanol–water partition coefficient (Wildman–Crippen LogP) is 4.23. The van der Waals surface area contributed by atoms with Crippen molar-refractivity contribution in [2.75, 3.05) is 0 Å². The van der Waals surface area contributed by atoms with Crippen LogP contribution in [0.25, 0.3) is 22.0 Å². The molecule has 0 radical (unpaired) electrons. The average molecular weight is 410 g/mol. The van der Waals surface area contributed by atoms with Gasteiger partial charge in [-0.25, -0.2) is 18.0 Å². The lowest BCUT2D eigenvalue weighted by Crippen LogP contribution is -2.21. The van der Waals surface area contributed by atoms with Crippen molar-refractivity contribution < 1.29 is 23.1 Å². The summed E-state index contributed by atoms with van der Waals surface area (Å²) in [5.41, 5.74) is -0.943. The Balaban J connectivity index is 1.87. The SMILES string of the molecule is O=C(O)c1cn(Cc2ccc(-c3cccnc3)cc2F)c2c(F)ccc(F)c2c1=O. The van der Waals surface area contributed by atoms with Gasteiger partial charge in [0.2, 0.25) is 5.43 Å². The molecule has 0 unspecified atom stereocenters. The van der Waals surface area contributed by atoms with Gasteiger partial charge in [0, 0.05) is 29.7 Å². The minimum absolute atomic E-state index is 0.104. The number of benzene rings is 2. The van der Waals surface area contributed by atoms with E-state index in [0.29, 0.717) is 11.1 Å². The molecule has 0 atom stereocenters. The number of pyridine rings is 2. The Kier molecular flexibility index (Phi) is 4.83. The van der Waals surface area contributed by atoms with Crippen molar-refractivity contribution in [2.24, 2.45) is 0 Å². The second-order valence-corrected chi connectivity index (χ2v) is 6.61. The van der Waals surface area contributed by atoms with Crippen LogP contribution in [0.5, 0.6) is 0 Å². The predicted molar refractivity (Wildman–Crippen MR) is 104 cm³/mol. The lowest BCUT2D eigenvalue weighted by atomic mass is 10.0. The molecule has 2 aromatic heterocycles. The summed E-state index contributed by atoms with van der Waals surface area (Å²) >= 11 is 0. The van der Waals surface area contributed by atoms with Gasteiger partial charge in [-0.2, -0.15) is 0 Å². The maximum absolute atomic E-state index is 14.8. The van der Waals surface area contributed by atoms with E-state index in [1.165, 1.54) is 12.1 Å². The maximum Gasteiger partial charge on any atom is 0.341 e. The molecule has 2 aromatic carbocycles. The van der Waals surface area contributed by atoms with E-state index in [0.717, 1.165) is 22.9 Å². The van der Waals surface area contributed by atoms with E-state index in [1.54, 1.807) is 30.6 Å². The Labute approximate surface area is 167 Å². The topological polar surface area (TPSA) is 72.2 Å². The van der Waals surface area contributed by atoms with Crippen LogP contribution >= 0.6 is 0 Å². The zero-order valence-electron chi connectivity index (χ0n) is 15.3. The third-order valence-corrected chi connectivity index (χ3v) is 4.74. The van der Waals surface area contributed by atoms with Crippen LogP contribution in [0.3, 0.4) is 0 Å². The van der Waals surface area contributed by atoms with Crippen molar-refractivity contribution in [1.29, 1.82) is 0 Å². The molecule has 2 heterocycles. The molecule has 1 N–H and O–H groups in total. The van der Waals surface area contributed by atoms with Crippen molar-refractivity contribution in [1.82, 2.24) is 9.55 Å². The fourth-order valence-corrected chi connectivity index (χ4v) is 3.30. The third kappa shape index (κ3) is 3.32. The molecule has 0 aliphatic rings. The molecular weight excluding hydrogens is 397 g/mol. The van der Waals surface area contributed by atoms with Gasteiger partial charge in [0.25, 0.3) is 0 Å². The van der Waals surface area contributed by atoms with E-state index in [1.807, 2.05) is 0 Å².